The molecule has 0 spiro atoms. The highest BCUT2D eigenvalue weighted by molar-refractivity contribution is 6.05. The van der Waals surface area contributed by atoms with Gasteiger partial charge in [0.15, 0.2) is 0 Å². The van der Waals surface area contributed by atoms with E-state index in [0.717, 1.165) is 40.6 Å². The van der Waals surface area contributed by atoms with Crippen molar-refractivity contribution in [3.8, 4) is 11.3 Å². The molecule has 0 atom stereocenters. The summed E-state index contributed by atoms with van der Waals surface area (Å²) in [5, 5.41) is 8.21. The third-order valence-corrected chi connectivity index (χ3v) is 4.63. The summed E-state index contributed by atoms with van der Waals surface area (Å²) in [6.45, 7) is 0. The van der Waals surface area contributed by atoms with E-state index < -0.39 is 0 Å². The molecule has 0 saturated carbocycles. The van der Waals surface area contributed by atoms with Crippen LogP contribution in [0.4, 0.5) is 0 Å². The van der Waals surface area contributed by atoms with E-state index in [2.05, 4.69) is 32.3 Å². The average molecular weight is 289 g/mol. The number of fused-ring (bicyclic) bond motifs is 5. The quantitative estimate of drug-likeness (QED) is 0.564. The lowest BCUT2D eigenvalue weighted by molar-refractivity contribution is 0.689. The van der Waals surface area contributed by atoms with Crippen molar-refractivity contribution >= 4 is 21.9 Å². The van der Waals surface area contributed by atoms with E-state index in [1.54, 1.807) is 6.33 Å². The summed E-state index contributed by atoms with van der Waals surface area (Å²) in [7, 11) is 0. The van der Waals surface area contributed by atoms with Gasteiger partial charge >= 0.3 is 0 Å². The molecule has 0 bridgehead atoms. The molecule has 0 aliphatic heterocycles. The zero-order valence-corrected chi connectivity index (χ0v) is 12.1. The van der Waals surface area contributed by atoms with E-state index in [1.165, 1.54) is 29.4 Å². The second kappa shape index (κ2) is 4.40. The molecule has 1 aromatic carbocycles. The van der Waals surface area contributed by atoms with Gasteiger partial charge in [-0.2, -0.15) is 5.10 Å². The average Bonchev–Trinajstić information content (AvgIpc) is 3.25. The molecule has 0 radical (unpaired) electrons. The van der Waals surface area contributed by atoms with Crippen molar-refractivity contribution in [3.63, 3.8) is 0 Å². The van der Waals surface area contributed by atoms with Crippen molar-refractivity contribution < 1.29 is 0 Å². The molecule has 0 amide bonds. The van der Waals surface area contributed by atoms with Gasteiger partial charge in [-0.15, -0.1) is 0 Å². The van der Waals surface area contributed by atoms with Gasteiger partial charge in [-0.25, -0.2) is 9.97 Å². The lowest BCUT2D eigenvalue weighted by Crippen LogP contribution is -2.07. The van der Waals surface area contributed by atoms with Gasteiger partial charge in [0.25, 0.3) is 0 Å². The minimum absolute atomic E-state index is 1.02. The maximum atomic E-state index is 4.95. The van der Waals surface area contributed by atoms with Crippen molar-refractivity contribution in [2.45, 2.75) is 25.7 Å². The van der Waals surface area contributed by atoms with Gasteiger partial charge in [-0.1, -0.05) is 0 Å². The van der Waals surface area contributed by atoms with Crippen LogP contribution < -0.4 is 0 Å². The second-order valence-electron chi connectivity index (χ2n) is 5.87. The second-order valence-corrected chi connectivity index (χ2v) is 5.87. The first-order valence-electron chi connectivity index (χ1n) is 7.68. The molecule has 4 aromatic rings. The number of hydrogen-bond acceptors (Lipinski definition) is 3. The minimum atomic E-state index is 1.02. The first kappa shape index (κ1) is 11.9. The summed E-state index contributed by atoms with van der Waals surface area (Å²) >= 11 is 0. The Labute approximate surface area is 126 Å². The fraction of sp³-hybridized carbons (Fsp3) is 0.235. The van der Waals surface area contributed by atoms with E-state index in [4.69, 9.17) is 4.98 Å². The van der Waals surface area contributed by atoms with Crippen molar-refractivity contribution in [1.29, 1.82) is 0 Å². The van der Waals surface area contributed by atoms with Gasteiger partial charge < -0.3 is 4.98 Å². The van der Waals surface area contributed by atoms with Crippen LogP contribution in [0, 0.1) is 0 Å². The Balaban J connectivity index is 1.95. The van der Waals surface area contributed by atoms with Crippen LogP contribution in [0.2, 0.25) is 0 Å². The highest BCUT2D eigenvalue weighted by Crippen LogP contribution is 2.36. The lowest BCUT2D eigenvalue weighted by Gasteiger charge is -2.20. The Morgan fingerprint density at radius 3 is 2.82 bits per heavy atom. The summed E-state index contributed by atoms with van der Waals surface area (Å²) in [4.78, 5) is 12.7. The third kappa shape index (κ3) is 1.56. The first-order chi connectivity index (χ1) is 10.9. The van der Waals surface area contributed by atoms with Gasteiger partial charge in [0, 0.05) is 17.1 Å². The molecule has 108 valence electrons. The highest BCUT2D eigenvalue weighted by Gasteiger charge is 2.21. The van der Waals surface area contributed by atoms with E-state index in [9.17, 15) is 0 Å². The van der Waals surface area contributed by atoms with Gasteiger partial charge in [0.2, 0.25) is 0 Å². The van der Waals surface area contributed by atoms with Gasteiger partial charge in [0.05, 0.1) is 34.8 Å². The SMILES string of the molecule is c1nc2c(ccc3nc(-c4cn[nH]c4)c4c(c32)CCCC4)[nH]1. The highest BCUT2D eigenvalue weighted by atomic mass is 15.1. The van der Waals surface area contributed by atoms with Gasteiger partial charge in [-0.05, 0) is 48.9 Å². The van der Waals surface area contributed by atoms with Crippen molar-refractivity contribution in [2.75, 3.05) is 0 Å². The number of aromatic nitrogens is 5. The lowest BCUT2D eigenvalue weighted by atomic mass is 9.86. The number of aromatic amines is 2. The number of pyridine rings is 1. The standard InChI is InChI=1S/C17H15N5/c1-2-4-12-11(3-1)15-13(5-6-14-17(15)19-9-18-14)22-16(12)10-7-20-21-8-10/h5-9H,1-4H2,(H,18,19)(H,20,21). The van der Waals surface area contributed by atoms with E-state index in [1.807, 2.05) is 12.4 Å². The zero-order chi connectivity index (χ0) is 14.5. The van der Waals surface area contributed by atoms with Crippen LogP contribution in [0.15, 0.2) is 30.9 Å². The Morgan fingerprint density at radius 1 is 1.05 bits per heavy atom. The molecule has 1 aliphatic rings. The van der Waals surface area contributed by atoms with Crippen LogP contribution in [0.25, 0.3) is 33.2 Å². The summed E-state index contributed by atoms with van der Waals surface area (Å²) in [6, 6.07) is 4.15. The summed E-state index contributed by atoms with van der Waals surface area (Å²) in [5.41, 5.74) is 8.09. The number of benzene rings is 1. The monoisotopic (exact) mass is 289 g/mol. The topological polar surface area (TPSA) is 70.2 Å². The molecule has 3 aromatic heterocycles. The van der Waals surface area contributed by atoms with Crippen LogP contribution in [-0.2, 0) is 12.8 Å². The maximum Gasteiger partial charge on any atom is 0.0979 e. The fourth-order valence-corrected chi connectivity index (χ4v) is 3.64. The molecule has 0 saturated heterocycles. The summed E-state index contributed by atoms with van der Waals surface area (Å²) in [6.07, 6.45) is 10.2. The van der Waals surface area contributed by atoms with E-state index in [0.29, 0.717) is 0 Å². The summed E-state index contributed by atoms with van der Waals surface area (Å²) < 4.78 is 0. The number of imidazole rings is 1. The van der Waals surface area contributed by atoms with Crippen molar-refractivity contribution in [3.05, 3.63) is 42.0 Å². The van der Waals surface area contributed by atoms with Crippen LogP contribution in [0.5, 0.6) is 0 Å². The molecule has 2 N–H and O–H groups in total. The minimum Gasteiger partial charge on any atom is -0.345 e. The molecule has 5 rings (SSSR count). The van der Waals surface area contributed by atoms with Crippen LogP contribution >= 0.6 is 0 Å². The Bertz CT molecular complexity index is 981. The van der Waals surface area contributed by atoms with Gasteiger partial charge in [-0.3, -0.25) is 5.10 Å². The van der Waals surface area contributed by atoms with E-state index >= 15 is 0 Å². The molecule has 1 aliphatic carbocycles. The predicted octanol–water partition coefficient (Wildman–Crippen LogP) is 3.38. The fourth-order valence-electron chi connectivity index (χ4n) is 3.64. The molecule has 5 heteroatoms. The largest absolute Gasteiger partial charge is 0.345 e. The molecular formula is C17H15N5. The Kier molecular flexibility index (Phi) is 2.38. The Hall–Kier alpha value is -2.69. The number of hydrogen-bond donors (Lipinski definition) is 2. The smallest absolute Gasteiger partial charge is 0.0979 e. The molecule has 0 unspecified atom stereocenters. The van der Waals surface area contributed by atoms with Crippen molar-refractivity contribution in [2.24, 2.45) is 0 Å². The molecule has 22 heavy (non-hydrogen) atoms. The van der Waals surface area contributed by atoms with Crippen LogP contribution in [-0.4, -0.2) is 25.1 Å². The van der Waals surface area contributed by atoms with Crippen LogP contribution in [0.1, 0.15) is 24.0 Å². The zero-order valence-electron chi connectivity index (χ0n) is 12.1. The number of H-pyrrole nitrogens is 2. The van der Waals surface area contributed by atoms with Crippen LogP contribution in [0.3, 0.4) is 0 Å². The molecule has 5 nitrogen and oxygen atoms in total. The molecule has 0 fully saturated rings. The van der Waals surface area contributed by atoms with E-state index in [-0.39, 0.29) is 0 Å². The normalized spacial score (nSPS) is 14.5. The Morgan fingerprint density at radius 2 is 1.95 bits per heavy atom. The van der Waals surface area contributed by atoms with Gasteiger partial charge in [0.1, 0.15) is 0 Å². The molecule has 3 heterocycles. The first-order valence-corrected chi connectivity index (χ1v) is 7.68. The maximum absolute atomic E-state index is 4.95. The predicted molar refractivity (Wildman–Crippen MR) is 85.6 cm³/mol. The number of nitrogens with one attached hydrogen (secondary N) is 2. The number of rotatable bonds is 1. The molecular weight excluding hydrogens is 274 g/mol. The van der Waals surface area contributed by atoms with Crippen molar-refractivity contribution in [1.82, 2.24) is 25.1 Å². The number of nitrogens with zero attached hydrogens (tertiary/aromatic N) is 3. The third-order valence-electron chi connectivity index (χ3n) is 4.63. The number of aryl methyl sites for hydroxylation is 1. The summed E-state index contributed by atoms with van der Waals surface area (Å²) in [5.74, 6) is 0.